The van der Waals surface area contributed by atoms with E-state index in [1.54, 1.807) is 0 Å². The summed E-state index contributed by atoms with van der Waals surface area (Å²) in [6.07, 6.45) is 83.1. The van der Waals surface area contributed by atoms with Crippen LogP contribution in [0.15, 0.2) is 287 Å². The number of allylic oxidation sites excluding steroid dienone is 16. The summed E-state index contributed by atoms with van der Waals surface area (Å²) >= 11 is 0. The largest absolute Gasteiger partial charge is 0.457 e. The first-order chi connectivity index (χ1) is 63.9. The molecule has 1 spiro atoms. The van der Waals surface area contributed by atoms with Crippen LogP contribution >= 0.6 is 0 Å². The molecule has 0 aromatic heterocycles. The van der Waals surface area contributed by atoms with E-state index in [2.05, 4.69) is 313 Å². The second-order valence-electron chi connectivity index (χ2n) is 36.0. The maximum Gasteiger partial charge on any atom is 0.445 e. The lowest BCUT2D eigenvalue weighted by Crippen LogP contribution is -2.78. The van der Waals surface area contributed by atoms with E-state index >= 15 is 0 Å². The van der Waals surface area contributed by atoms with Gasteiger partial charge in [-0.2, -0.15) is 0 Å². The molecule has 0 amide bonds. The summed E-state index contributed by atoms with van der Waals surface area (Å²) in [6.45, 7) is 8.93. The van der Waals surface area contributed by atoms with E-state index in [1.807, 2.05) is 0 Å². The SMILES string of the molecule is CCC/C=C/C/C=C/CCCCCCCc1cccc(Oc2ccc3c(c2)C2=NC4=[N+]5C(=NC6=[N+]7C(=NC8c9cc(Oc%10cccc(CCCCCCC/C=C/C/C=C/CCC)c%10)ccc9C9=NC3=[N+]2[C@@]57N98)c2cc(Oc3cccc(CCCCCCC/C=C/C/C=C/CCC)c3)ccc26)c2ccc(Oc3cccc(CCCCCCC/C=C/C/C=C/CCC)c3)cc24)c1. The zero-order chi connectivity index (χ0) is 88.0. The third-order valence-corrected chi connectivity index (χ3v) is 25.9. The standard InChI is InChI=1S/C117H137N8O4/c1-5-9-13-17-21-25-29-33-37-41-45-49-53-61-89-65-57-69-93(81-89)126-97-73-77-101-105(85-97)113-120-114-106-86-98(127-94-70-58-66-90(82-94)62-54-50-46-42-38-34-30-26-22-18-14-10-6-2)74-78-102(106)111-119-112-104-80-76-100(129-96-72-60-68-92(84-96)64-56-52-48-44-40-36-32-28-24-20-16-12-8-4)88-108(104)116-121-115-107-87-99(75-79-103(107)110-118-109(101)122(113)117(123(111)114,124(110)115)125(112)116)128-95-71-59-67-91(83-95)63-55-51-47-43-39-35-31-27-23-19-15-11-7-3/h13-20,25-32,57-60,65-88,113H,5-12,21-24,33-56,61-64H2,1-4H3/q+3/b17-13+,18-14+,19-15+,20-16+,29-25+,30-26+,31-27+,32-28+/t113?,117-/m0/s1. The predicted molar refractivity (Wildman–Crippen MR) is 535 cm³/mol. The Morgan fingerprint density at radius 2 is 0.566 bits per heavy atom. The smallest absolute Gasteiger partial charge is 0.445 e. The van der Waals surface area contributed by atoms with E-state index in [0.29, 0.717) is 0 Å². The van der Waals surface area contributed by atoms with Crippen molar-refractivity contribution in [2.75, 3.05) is 0 Å². The number of ether oxygens (including phenoxy) is 4. The van der Waals surface area contributed by atoms with Crippen molar-refractivity contribution in [2.24, 2.45) is 20.0 Å². The van der Waals surface area contributed by atoms with Crippen LogP contribution in [0.3, 0.4) is 0 Å². The van der Waals surface area contributed by atoms with Gasteiger partial charge in [-0.1, -0.05) is 291 Å². The molecule has 16 rings (SSSR count). The lowest BCUT2D eigenvalue weighted by Gasteiger charge is -2.45. The molecule has 1 unspecified atom stereocenters. The maximum atomic E-state index is 7.05. The lowest BCUT2D eigenvalue weighted by molar-refractivity contribution is -0.946. The topological polar surface area (TPSA) is 98.6 Å². The fourth-order valence-electron chi connectivity index (χ4n) is 19.2. The molecule has 8 heterocycles. The van der Waals surface area contributed by atoms with Crippen LogP contribution < -0.4 is 18.9 Å². The van der Waals surface area contributed by atoms with E-state index in [4.69, 9.17) is 38.9 Å². The van der Waals surface area contributed by atoms with Gasteiger partial charge in [0.25, 0.3) is 35.0 Å². The minimum absolute atomic E-state index is 0.603. The molecule has 0 saturated heterocycles. The van der Waals surface area contributed by atoms with Gasteiger partial charge < -0.3 is 18.9 Å². The number of aryl methyl sites for hydroxylation is 4. The van der Waals surface area contributed by atoms with Gasteiger partial charge in [-0.3, -0.25) is 0 Å². The minimum Gasteiger partial charge on any atom is -0.457 e. The first-order valence-electron chi connectivity index (χ1n) is 49.9. The predicted octanol–water partition coefficient (Wildman–Crippen LogP) is 31.0. The van der Waals surface area contributed by atoms with Crippen molar-refractivity contribution in [3.8, 4) is 46.0 Å². The molecule has 0 radical (unpaired) electrons. The summed E-state index contributed by atoms with van der Waals surface area (Å²) in [6, 6.07) is 60.8. The van der Waals surface area contributed by atoms with Gasteiger partial charge in [0.15, 0.2) is 0 Å². The highest BCUT2D eigenvalue weighted by Gasteiger charge is 2.78. The maximum absolute atomic E-state index is 7.05. The number of aliphatic imine (C=N–C) groups is 4. The van der Waals surface area contributed by atoms with Crippen molar-refractivity contribution in [3.05, 3.63) is 334 Å². The molecule has 666 valence electrons. The number of benzene rings is 8. The van der Waals surface area contributed by atoms with Gasteiger partial charge in [0.05, 0.1) is 33.4 Å². The Hall–Kier alpha value is -11.6. The monoisotopic (exact) mass is 1720 g/mol. The Balaban J connectivity index is 0.708. The molecule has 8 aromatic rings. The molecule has 12 heteroatoms. The molecule has 8 aliphatic heterocycles. The molecule has 2 atom stereocenters. The minimum atomic E-state index is -1.28. The second kappa shape index (κ2) is 46.6. The molecule has 0 aliphatic carbocycles. The third-order valence-electron chi connectivity index (χ3n) is 25.9. The van der Waals surface area contributed by atoms with Crippen molar-refractivity contribution < 1.29 is 32.7 Å². The normalized spacial score (nSPS) is 16.5. The zero-order valence-electron chi connectivity index (χ0n) is 77.5. The fraction of sp³-hybridized carbons (Fsp3) is 0.393. The van der Waals surface area contributed by atoms with Crippen LogP contribution in [0.2, 0.25) is 0 Å². The number of amidine groups is 7. The van der Waals surface area contributed by atoms with Crippen molar-refractivity contribution in [1.82, 2.24) is 4.90 Å². The Morgan fingerprint density at radius 3 is 0.953 bits per heavy atom. The molecule has 12 nitrogen and oxygen atoms in total. The average Bonchev–Trinajstić information content (AvgIpc) is 1.46. The van der Waals surface area contributed by atoms with Gasteiger partial charge in [0.1, 0.15) is 46.0 Å². The van der Waals surface area contributed by atoms with E-state index in [-0.39, 0.29) is 0 Å². The number of hydrogen-bond donors (Lipinski definition) is 0. The fourth-order valence-corrected chi connectivity index (χ4v) is 19.2. The zero-order valence-corrected chi connectivity index (χ0v) is 77.5. The molecule has 129 heavy (non-hydrogen) atoms. The van der Waals surface area contributed by atoms with Gasteiger partial charge in [0.2, 0.25) is 12.0 Å². The Labute approximate surface area is 770 Å². The van der Waals surface area contributed by atoms with Crippen LogP contribution in [0.5, 0.6) is 46.0 Å². The van der Waals surface area contributed by atoms with Crippen LogP contribution in [0.1, 0.15) is 332 Å². The molecular weight excluding hydrogens is 1580 g/mol. The molecular formula is C117H137N8O4+3. The Kier molecular flexibility index (Phi) is 32.7. The number of fused-ring (bicyclic) bond motifs is 12. The van der Waals surface area contributed by atoms with Gasteiger partial charge in [-0.15, -0.1) is 18.7 Å². The van der Waals surface area contributed by atoms with Crippen molar-refractivity contribution in [2.45, 2.75) is 297 Å². The number of rotatable bonds is 56. The first kappa shape index (κ1) is 90.7. The lowest BCUT2D eigenvalue weighted by atomic mass is 10.0. The van der Waals surface area contributed by atoms with Crippen LogP contribution in [-0.2, 0) is 25.7 Å². The number of nitrogens with zero attached hydrogens (tertiary/aromatic N) is 8. The van der Waals surface area contributed by atoms with Crippen LogP contribution in [-0.4, -0.2) is 65.4 Å². The highest BCUT2D eigenvalue weighted by Crippen LogP contribution is 2.55. The Morgan fingerprint density at radius 1 is 0.271 bits per heavy atom. The second-order valence-corrected chi connectivity index (χ2v) is 36.0. The first-order valence-corrected chi connectivity index (χ1v) is 49.9. The van der Waals surface area contributed by atoms with Gasteiger partial charge in [0, 0.05) is 11.1 Å². The summed E-state index contributed by atoms with van der Waals surface area (Å²) in [7, 11) is 0. The molecule has 0 saturated carbocycles. The van der Waals surface area contributed by atoms with Gasteiger partial charge in [-0.05, 0) is 298 Å². The third kappa shape index (κ3) is 22.5. The van der Waals surface area contributed by atoms with E-state index in [9.17, 15) is 0 Å². The van der Waals surface area contributed by atoms with Gasteiger partial charge in [-0.25, -0.2) is 4.90 Å². The highest BCUT2D eigenvalue weighted by atomic mass is 16.5. The average molecular weight is 1720 g/mol. The summed E-state index contributed by atoms with van der Waals surface area (Å²) in [5.74, 6) is 10.3. The highest BCUT2D eigenvalue weighted by molar-refractivity contribution is 6.29. The molecule has 8 aromatic carbocycles. The van der Waals surface area contributed by atoms with Crippen molar-refractivity contribution in [1.29, 1.82) is 0 Å². The van der Waals surface area contributed by atoms with Crippen LogP contribution in [0.4, 0.5) is 0 Å². The van der Waals surface area contributed by atoms with E-state index < -0.39 is 12.1 Å². The summed E-state index contributed by atoms with van der Waals surface area (Å²) < 4.78 is 35.3. The molecule has 8 aliphatic rings. The Bertz CT molecular complexity index is 5710. The molecule has 0 fully saturated rings. The van der Waals surface area contributed by atoms with Crippen LogP contribution in [0, 0.1) is 0 Å². The summed E-state index contributed by atoms with van der Waals surface area (Å²) in [5.41, 5.74) is 12.7. The number of hydrogen-bond acceptors (Lipinski definition) is 9. The van der Waals surface area contributed by atoms with Crippen LogP contribution in [0.25, 0.3) is 0 Å². The van der Waals surface area contributed by atoms with E-state index in [0.717, 1.165) is 234 Å². The van der Waals surface area contributed by atoms with Gasteiger partial charge >= 0.3 is 5.91 Å². The summed E-state index contributed by atoms with van der Waals surface area (Å²) in [4.78, 5) is 26.4. The van der Waals surface area contributed by atoms with Crippen molar-refractivity contribution >= 4 is 40.8 Å². The molecule has 0 N–H and O–H groups in total. The molecule has 0 bridgehead atoms. The summed E-state index contributed by atoms with van der Waals surface area (Å²) in [5, 5.41) is 0. The quantitative estimate of drug-likeness (QED) is 0.0215. The van der Waals surface area contributed by atoms with E-state index in [1.165, 1.54) is 176 Å². The van der Waals surface area contributed by atoms with Crippen molar-refractivity contribution in [3.63, 3.8) is 0 Å². The number of unbranched alkanes of at least 4 members (excludes halogenated alkanes) is 24.